The molecule has 3 nitrogen and oxygen atoms in total. The minimum atomic E-state index is -0.392. The van der Waals surface area contributed by atoms with Crippen LogP contribution in [0.15, 0.2) is 53.0 Å². The number of hydrogen-bond donors (Lipinski definition) is 0. The van der Waals surface area contributed by atoms with Gasteiger partial charge in [0.15, 0.2) is 0 Å². The van der Waals surface area contributed by atoms with Crippen molar-refractivity contribution in [2.24, 2.45) is 0 Å². The fourth-order valence-corrected chi connectivity index (χ4v) is 2.12. The number of nitrogens with zero attached hydrogens (tertiary/aromatic N) is 1. The van der Waals surface area contributed by atoms with Crippen LogP contribution >= 0.6 is 15.9 Å². The van der Waals surface area contributed by atoms with Gasteiger partial charge in [-0.15, -0.1) is 0 Å². The molecular formula is C13H10BrNO2. The first-order valence-electron chi connectivity index (χ1n) is 5.13. The van der Waals surface area contributed by atoms with Gasteiger partial charge in [0.25, 0.3) is 5.69 Å². The molecule has 0 atom stereocenters. The predicted molar refractivity (Wildman–Crippen MR) is 70.0 cm³/mol. The molecule has 2 aromatic carbocycles. The lowest BCUT2D eigenvalue weighted by Crippen LogP contribution is -1.92. The van der Waals surface area contributed by atoms with Crippen LogP contribution in [0, 0.1) is 10.1 Å². The standard InChI is InChI=1S/C13H10BrNO2/c14-13-9-12(15(16)17)7-6-11(13)8-10-4-2-1-3-5-10/h1-7,9H,8H2. The number of non-ortho nitro benzene ring substituents is 1. The molecule has 0 spiro atoms. The molecule has 0 aliphatic carbocycles. The second-order valence-corrected chi connectivity index (χ2v) is 4.55. The average Bonchev–Trinajstić information content (AvgIpc) is 2.33. The Hall–Kier alpha value is -1.68. The van der Waals surface area contributed by atoms with Crippen molar-refractivity contribution in [3.8, 4) is 0 Å². The third kappa shape index (κ3) is 2.91. The Morgan fingerprint density at radius 3 is 2.41 bits per heavy atom. The molecular weight excluding hydrogens is 282 g/mol. The van der Waals surface area contributed by atoms with Crippen LogP contribution in [-0.2, 0) is 6.42 Å². The molecule has 0 bridgehead atoms. The molecule has 86 valence electrons. The molecule has 17 heavy (non-hydrogen) atoms. The Bertz CT molecular complexity index is 540. The predicted octanol–water partition coefficient (Wildman–Crippen LogP) is 3.95. The van der Waals surface area contributed by atoms with Crippen LogP contribution in [0.3, 0.4) is 0 Å². The van der Waals surface area contributed by atoms with E-state index in [-0.39, 0.29) is 5.69 Å². The summed E-state index contributed by atoms with van der Waals surface area (Å²) in [5, 5.41) is 10.6. The molecule has 0 aromatic heterocycles. The summed E-state index contributed by atoms with van der Waals surface area (Å²) < 4.78 is 0.774. The molecule has 0 unspecified atom stereocenters. The Kier molecular flexibility index (Phi) is 3.54. The zero-order valence-electron chi connectivity index (χ0n) is 8.97. The minimum absolute atomic E-state index is 0.105. The Balaban J connectivity index is 2.26. The van der Waals surface area contributed by atoms with Crippen LogP contribution in [0.25, 0.3) is 0 Å². The first-order valence-corrected chi connectivity index (χ1v) is 5.93. The van der Waals surface area contributed by atoms with Crippen LogP contribution in [-0.4, -0.2) is 4.92 Å². The molecule has 0 heterocycles. The van der Waals surface area contributed by atoms with E-state index in [1.165, 1.54) is 17.7 Å². The molecule has 0 saturated carbocycles. The number of benzene rings is 2. The SMILES string of the molecule is O=[N+]([O-])c1ccc(Cc2ccccc2)c(Br)c1. The van der Waals surface area contributed by atoms with E-state index in [1.807, 2.05) is 30.3 Å². The first-order chi connectivity index (χ1) is 8.16. The van der Waals surface area contributed by atoms with E-state index in [0.717, 1.165) is 16.5 Å². The van der Waals surface area contributed by atoms with Gasteiger partial charge in [0.2, 0.25) is 0 Å². The van der Waals surface area contributed by atoms with Gasteiger partial charge in [0.05, 0.1) is 4.92 Å². The lowest BCUT2D eigenvalue weighted by Gasteiger charge is -2.04. The third-order valence-corrected chi connectivity index (χ3v) is 3.22. The van der Waals surface area contributed by atoms with E-state index < -0.39 is 4.92 Å². The zero-order chi connectivity index (χ0) is 12.3. The third-order valence-electron chi connectivity index (χ3n) is 2.48. The fraction of sp³-hybridized carbons (Fsp3) is 0.0769. The summed E-state index contributed by atoms with van der Waals surface area (Å²) in [6.07, 6.45) is 0.763. The van der Waals surface area contributed by atoms with Crippen LogP contribution in [0.2, 0.25) is 0 Å². The van der Waals surface area contributed by atoms with E-state index >= 15 is 0 Å². The van der Waals surface area contributed by atoms with Crippen molar-refractivity contribution in [1.82, 2.24) is 0 Å². The Morgan fingerprint density at radius 2 is 1.82 bits per heavy atom. The van der Waals surface area contributed by atoms with Crippen LogP contribution in [0.5, 0.6) is 0 Å². The molecule has 0 aliphatic heterocycles. The molecule has 0 saturated heterocycles. The van der Waals surface area contributed by atoms with Gasteiger partial charge < -0.3 is 0 Å². The second kappa shape index (κ2) is 5.10. The van der Waals surface area contributed by atoms with Crippen LogP contribution in [0.1, 0.15) is 11.1 Å². The van der Waals surface area contributed by atoms with E-state index in [9.17, 15) is 10.1 Å². The van der Waals surface area contributed by atoms with Gasteiger partial charge in [-0.25, -0.2) is 0 Å². The molecule has 0 N–H and O–H groups in total. The van der Waals surface area contributed by atoms with E-state index in [1.54, 1.807) is 6.07 Å². The van der Waals surface area contributed by atoms with Crippen molar-refractivity contribution in [1.29, 1.82) is 0 Å². The Morgan fingerprint density at radius 1 is 1.12 bits per heavy atom. The van der Waals surface area contributed by atoms with E-state index in [4.69, 9.17) is 0 Å². The molecule has 2 aromatic rings. The zero-order valence-corrected chi connectivity index (χ0v) is 10.6. The molecule has 0 fully saturated rings. The van der Waals surface area contributed by atoms with Crippen molar-refractivity contribution in [3.05, 3.63) is 74.2 Å². The molecule has 0 radical (unpaired) electrons. The summed E-state index contributed by atoms with van der Waals surface area (Å²) in [6, 6.07) is 14.9. The van der Waals surface area contributed by atoms with Crippen LogP contribution in [0.4, 0.5) is 5.69 Å². The molecule has 4 heteroatoms. The average molecular weight is 292 g/mol. The summed E-state index contributed by atoms with van der Waals surface area (Å²) in [4.78, 5) is 10.2. The number of nitro groups is 1. The molecule has 0 aliphatic rings. The largest absolute Gasteiger partial charge is 0.270 e. The highest BCUT2D eigenvalue weighted by Gasteiger charge is 2.09. The second-order valence-electron chi connectivity index (χ2n) is 3.70. The monoisotopic (exact) mass is 291 g/mol. The number of hydrogen-bond acceptors (Lipinski definition) is 2. The summed E-state index contributed by atoms with van der Waals surface area (Å²) in [6.45, 7) is 0. The summed E-state index contributed by atoms with van der Waals surface area (Å²) in [5.74, 6) is 0. The highest BCUT2D eigenvalue weighted by molar-refractivity contribution is 9.10. The maximum absolute atomic E-state index is 10.6. The smallest absolute Gasteiger partial charge is 0.258 e. The summed E-state index contributed by atoms with van der Waals surface area (Å²) in [7, 11) is 0. The minimum Gasteiger partial charge on any atom is -0.258 e. The molecule has 0 amide bonds. The normalized spacial score (nSPS) is 10.2. The lowest BCUT2D eigenvalue weighted by atomic mass is 10.1. The number of nitro benzene ring substituents is 1. The summed E-state index contributed by atoms with van der Waals surface area (Å²) >= 11 is 3.37. The fourth-order valence-electron chi connectivity index (χ4n) is 1.61. The van der Waals surface area contributed by atoms with Gasteiger partial charge in [-0.2, -0.15) is 0 Å². The first kappa shape index (κ1) is 11.8. The van der Waals surface area contributed by atoms with Crippen molar-refractivity contribution in [3.63, 3.8) is 0 Å². The maximum atomic E-state index is 10.6. The maximum Gasteiger partial charge on any atom is 0.270 e. The number of halogens is 1. The van der Waals surface area contributed by atoms with Gasteiger partial charge in [0, 0.05) is 16.6 Å². The van der Waals surface area contributed by atoms with Crippen molar-refractivity contribution in [2.75, 3.05) is 0 Å². The van der Waals surface area contributed by atoms with Gasteiger partial charge in [0.1, 0.15) is 0 Å². The molecule has 2 rings (SSSR count). The van der Waals surface area contributed by atoms with E-state index in [0.29, 0.717) is 0 Å². The lowest BCUT2D eigenvalue weighted by molar-refractivity contribution is -0.384. The number of rotatable bonds is 3. The van der Waals surface area contributed by atoms with E-state index in [2.05, 4.69) is 15.9 Å². The summed E-state index contributed by atoms with van der Waals surface area (Å²) in [5.41, 5.74) is 2.33. The quantitative estimate of drug-likeness (QED) is 0.635. The highest BCUT2D eigenvalue weighted by Crippen LogP contribution is 2.24. The van der Waals surface area contributed by atoms with Crippen molar-refractivity contribution < 1.29 is 4.92 Å². The topological polar surface area (TPSA) is 43.1 Å². The highest BCUT2D eigenvalue weighted by atomic mass is 79.9. The Labute approximate surface area is 107 Å². The van der Waals surface area contributed by atoms with Gasteiger partial charge in [-0.3, -0.25) is 10.1 Å². The van der Waals surface area contributed by atoms with Crippen molar-refractivity contribution >= 4 is 21.6 Å². The van der Waals surface area contributed by atoms with Crippen LogP contribution < -0.4 is 0 Å². The van der Waals surface area contributed by atoms with Gasteiger partial charge in [-0.05, 0) is 17.5 Å². The van der Waals surface area contributed by atoms with Gasteiger partial charge in [-0.1, -0.05) is 52.3 Å². The van der Waals surface area contributed by atoms with Gasteiger partial charge >= 0.3 is 0 Å². The van der Waals surface area contributed by atoms with Crippen molar-refractivity contribution in [2.45, 2.75) is 6.42 Å².